The number of nitrogens with one attached hydrogen (secondary N) is 2. The van der Waals surface area contributed by atoms with Crippen molar-refractivity contribution in [2.24, 2.45) is 5.92 Å². The fourth-order valence-corrected chi connectivity index (χ4v) is 5.99. The molecule has 4 aromatic rings. The number of anilines is 1. The minimum Gasteiger partial charge on any atom is -0.378 e. The average Bonchev–Trinajstić information content (AvgIpc) is 3.36. The number of piperazine rings is 1. The van der Waals surface area contributed by atoms with Crippen molar-refractivity contribution in [3.63, 3.8) is 0 Å². The Morgan fingerprint density at radius 1 is 1.05 bits per heavy atom. The highest BCUT2D eigenvalue weighted by atomic mass is 35.5. The summed E-state index contributed by atoms with van der Waals surface area (Å²) >= 11 is 6.50. The van der Waals surface area contributed by atoms with Gasteiger partial charge in [-0.25, -0.2) is 0 Å². The molecule has 0 aliphatic carbocycles. The Hall–Kier alpha value is -3.39. The Bertz CT molecular complexity index is 1470. The van der Waals surface area contributed by atoms with Crippen molar-refractivity contribution in [2.75, 3.05) is 44.3 Å². The Morgan fingerprint density at radius 2 is 1.80 bits per heavy atom. The Morgan fingerprint density at radius 3 is 2.48 bits per heavy atom. The molecule has 3 aromatic carbocycles. The molecule has 40 heavy (non-hydrogen) atoms. The summed E-state index contributed by atoms with van der Waals surface area (Å²) < 4.78 is 5.36. The van der Waals surface area contributed by atoms with Gasteiger partial charge in [0.25, 0.3) is 5.91 Å². The number of benzene rings is 3. The lowest BCUT2D eigenvalue weighted by Gasteiger charge is -2.43. The number of amides is 1. The molecule has 0 saturated carbocycles. The number of hydrogen-bond donors (Lipinski definition) is 2. The molecule has 2 aliphatic rings. The standard InChI is InChI=1S/C32H36ClN5O2/c1-21(2)17-30(26-5-3-4-6-28(26)33)34-32(39)23-9-12-29-27(18-23)31(36-35-29)22-7-10-24(11-8-22)37-13-15-38(16-14-37)25-19-40-20-25/h3-12,18,21,25,30H,13-17,19-20H2,1-2H3,(H,34,39)(H,35,36). The second-order valence-electron chi connectivity index (χ2n) is 11.3. The maximum atomic E-state index is 13.4. The average molecular weight is 558 g/mol. The van der Waals surface area contributed by atoms with E-state index in [9.17, 15) is 4.79 Å². The van der Waals surface area contributed by atoms with Crippen LogP contribution in [0.3, 0.4) is 0 Å². The van der Waals surface area contributed by atoms with E-state index in [1.807, 2.05) is 42.5 Å². The van der Waals surface area contributed by atoms with Crippen LogP contribution < -0.4 is 10.2 Å². The maximum absolute atomic E-state index is 13.4. The van der Waals surface area contributed by atoms with E-state index in [0.29, 0.717) is 22.5 Å². The van der Waals surface area contributed by atoms with E-state index in [1.165, 1.54) is 5.69 Å². The van der Waals surface area contributed by atoms with Crippen molar-refractivity contribution in [1.29, 1.82) is 0 Å². The fourth-order valence-electron chi connectivity index (χ4n) is 5.72. The van der Waals surface area contributed by atoms with Crippen LogP contribution in [-0.2, 0) is 4.74 Å². The van der Waals surface area contributed by atoms with Gasteiger partial charge in [0, 0.05) is 53.4 Å². The van der Waals surface area contributed by atoms with Crippen LogP contribution in [0.25, 0.3) is 22.2 Å². The molecule has 1 aromatic heterocycles. The summed E-state index contributed by atoms with van der Waals surface area (Å²) in [5, 5.41) is 12.6. The summed E-state index contributed by atoms with van der Waals surface area (Å²) in [6.07, 6.45) is 0.797. The van der Waals surface area contributed by atoms with Crippen molar-refractivity contribution in [3.05, 3.63) is 82.9 Å². The van der Waals surface area contributed by atoms with E-state index < -0.39 is 0 Å². The third-order valence-electron chi connectivity index (χ3n) is 8.08. The topological polar surface area (TPSA) is 73.5 Å². The van der Waals surface area contributed by atoms with Crippen molar-refractivity contribution >= 4 is 34.1 Å². The molecule has 0 bridgehead atoms. The third kappa shape index (κ3) is 5.59. The molecule has 1 unspecified atom stereocenters. The zero-order chi connectivity index (χ0) is 27.6. The fraction of sp³-hybridized carbons (Fsp3) is 0.375. The summed E-state index contributed by atoms with van der Waals surface area (Å²) in [7, 11) is 0. The van der Waals surface area contributed by atoms with Crippen LogP contribution in [-0.4, -0.2) is 66.4 Å². The molecule has 6 rings (SSSR count). The smallest absolute Gasteiger partial charge is 0.251 e. The molecule has 1 atom stereocenters. The summed E-state index contributed by atoms with van der Waals surface area (Å²) in [5.74, 6) is 0.274. The van der Waals surface area contributed by atoms with Crippen LogP contribution in [0.4, 0.5) is 5.69 Å². The van der Waals surface area contributed by atoms with E-state index in [1.54, 1.807) is 0 Å². The third-order valence-corrected chi connectivity index (χ3v) is 8.42. The van der Waals surface area contributed by atoms with Gasteiger partial charge in [0.15, 0.2) is 0 Å². The molecular weight excluding hydrogens is 522 g/mol. The first-order valence-electron chi connectivity index (χ1n) is 14.2. The normalized spacial score (nSPS) is 17.2. The number of hydrogen-bond acceptors (Lipinski definition) is 5. The number of carbonyl (C=O) groups is 1. The molecule has 2 N–H and O–H groups in total. The van der Waals surface area contributed by atoms with E-state index in [2.05, 4.69) is 63.4 Å². The molecular formula is C32H36ClN5O2. The van der Waals surface area contributed by atoms with Crippen LogP contribution in [0, 0.1) is 5.92 Å². The minimum absolute atomic E-state index is 0.123. The number of carbonyl (C=O) groups excluding carboxylic acids is 1. The highest BCUT2D eigenvalue weighted by Crippen LogP contribution is 2.31. The van der Waals surface area contributed by atoms with Crippen LogP contribution in [0.2, 0.25) is 5.02 Å². The van der Waals surface area contributed by atoms with Crippen LogP contribution in [0.5, 0.6) is 0 Å². The second-order valence-corrected chi connectivity index (χ2v) is 11.7. The first-order chi connectivity index (χ1) is 19.5. The lowest BCUT2D eigenvalue weighted by atomic mass is 9.96. The van der Waals surface area contributed by atoms with Gasteiger partial charge in [0.1, 0.15) is 0 Å². The first kappa shape index (κ1) is 26.8. The molecule has 7 nitrogen and oxygen atoms in total. The molecule has 208 valence electrons. The predicted octanol–water partition coefficient (Wildman–Crippen LogP) is 5.92. The van der Waals surface area contributed by atoms with Crippen LogP contribution >= 0.6 is 11.6 Å². The summed E-state index contributed by atoms with van der Waals surface area (Å²) in [6.45, 7) is 10.2. The zero-order valence-corrected chi connectivity index (χ0v) is 23.8. The minimum atomic E-state index is -0.169. The summed E-state index contributed by atoms with van der Waals surface area (Å²) in [4.78, 5) is 18.4. The van der Waals surface area contributed by atoms with Gasteiger partial charge in [-0.15, -0.1) is 0 Å². The van der Waals surface area contributed by atoms with Gasteiger partial charge in [-0.2, -0.15) is 5.10 Å². The number of halogens is 1. The molecule has 2 saturated heterocycles. The Labute approximate surface area is 240 Å². The van der Waals surface area contributed by atoms with Gasteiger partial charge < -0.3 is 15.0 Å². The number of ether oxygens (including phenoxy) is 1. The second kappa shape index (κ2) is 11.6. The van der Waals surface area contributed by atoms with Crippen molar-refractivity contribution in [3.8, 4) is 11.3 Å². The quantitative estimate of drug-likeness (QED) is 0.281. The lowest BCUT2D eigenvalue weighted by Crippen LogP contribution is -2.56. The SMILES string of the molecule is CC(C)CC(NC(=O)c1ccc2[nH]nc(-c3ccc(N4CCN(C5COC5)CC4)cc3)c2c1)c1ccccc1Cl. The molecule has 0 radical (unpaired) electrons. The molecule has 1 amide bonds. The molecule has 2 fully saturated rings. The molecule has 2 aliphatic heterocycles. The number of H-pyrrole nitrogens is 1. The van der Waals surface area contributed by atoms with Crippen LogP contribution in [0.1, 0.15) is 42.2 Å². The number of aromatic nitrogens is 2. The van der Waals surface area contributed by atoms with Crippen LogP contribution in [0.15, 0.2) is 66.7 Å². The van der Waals surface area contributed by atoms with E-state index in [-0.39, 0.29) is 11.9 Å². The van der Waals surface area contributed by atoms with E-state index >= 15 is 0 Å². The number of fused-ring (bicyclic) bond motifs is 1. The van der Waals surface area contributed by atoms with Gasteiger partial charge in [-0.3, -0.25) is 14.8 Å². The Balaban J connectivity index is 1.19. The van der Waals surface area contributed by atoms with Crippen molar-refractivity contribution in [2.45, 2.75) is 32.4 Å². The van der Waals surface area contributed by atoms with E-state index in [0.717, 1.165) is 73.5 Å². The van der Waals surface area contributed by atoms with Crippen molar-refractivity contribution in [1.82, 2.24) is 20.4 Å². The Kier molecular flexibility index (Phi) is 7.78. The highest BCUT2D eigenvalue weighted by molar-refractivity contribution is 6.31. The number of rotatable bonds is 8. The largest absolute Gasteiger partial charge is 0.378 e. The monoisotopic (exact) mass is 557 g/mol. The van der Waals surface area contributed by atoms with Crippen molar-refractivity contribution < 1.29 is 9.53 Å². The van der Waals surface area contributed by atoms with Gasteiger partial charge in [-0.05, 0) is 54.3 Å². The van der Waals surface area contributed by atoms with E-state index in [4.69, 9.17) is 16.3 Å². The molecule has 3 heterocycles. The zero-order valence-electron chi connectivity index (χ0n) is 23.1. The maximum Gasteiger partial charge on any atom is 0.251 e. The summed E-state index contributed by atoms with van der Waals surface area (Å²) in [6, 6.07) is 22.5. The lowest BCUT2D eigenvalue weighted by molar-refractivity contribution is -0.0660. The first-order valence-corrected chi connectivity index (χ1v) is 14.5. The molecule has 0 spiro atoms. The predicted molar refractivity (Wildman–Crippen MR) is 161 cm³/mol. The van der Waals surface area contributed by atoms with Gasteiger partial charge in [0.05, 0.1) is 36.5 Å². The van der Waals surface area contributed by atoms with Gasteiger partial charge in [-0.1, -0.05) is 55.8 Å². The van der Waals surface area contributed by atoms with Gasteiger partial charge >= 0.3 is 0 Å². The number of aromatic amines is 1. The highest BCUT2D eigenvalue weighted by Gasteiger charge is 2.29. The molecule has 8 heteroatoms. The van der Waals surface area contributed by atoms with Gasteiger partial charge in [0.2, 0.25) is 0 Å². The summed E-state index contributed by atoms with van der Waals surface area (Å²) in [5.41, 5.74) is 5.53. The number of nitrogens with zero attached hydrogens (tertiary/aromatic N) is 3.